The zero-order valence-electron chi connectivity index (χ0n) is 13.3. The van der Waals surface area contributed by atoms with Crippen molar-refractivity contribution in [2.45, 2.75) is 18.9 Å². The Hall–Kier alpha value is -2.37. The number of hydrogen-bond donors (Lipinski definition) is 0. The van der Waals surface area contributed by atoms with E-state index in [1.54, 1.807) is 4.90 Å². The molecule has 1 atom stereocenters. The summed E-state index contributed by atoms with van der Waals surface area (Å²) in [6.07, 6.45) is 2.17. The van der Waals surface area contributed by atoms with Crippen LogP contribution in [0.25, 0.3) is 0 Å². The fourth-order valence-electron chi connectivity index (χ4n) is 3.09. The molecule has 2 aliphatic rings. The van der Waals surface area contributed by atoms with Gasteiger partial charge in [0.1, 0.15) is 6.61 Å². The molecule has 2 heterocycles. The first-order valence-corrected chi connectivity index (χ1v) is 8.21. The lowest BCUT2D eigenvalue weighted by atomic mass is 10.1. The van der Waals surface area contributed by atoms with Crippen molar-refractivity contribution >= 4 is 17.3 Å². The van der Waals surface area contributed by atoms with E-state index in [2.05, 4.69) is 0 Å². The third-order valence-corrected chi connectivity index (χ3v) is 4.23. The lowest BCUT2D eigenvalue weighted by Crippen LogP contribution is -2.32. The molecule has 24 heavy (non-hydrogen) atoms. The van der Waals surface area contributed by atoms with E-state index in [9.17, 15) is 4.79 Å². The average molecular weight is 325 g/mol. The third-order valence-electron chi connectivity index (χ3n) is 4.23. The number of benzene rings is 2. The minimum absolute atomic E-state index is 0.0164. The molecule has 1 amide bonds. The van der Waals surface area contributed by atoms with Crippen LogP contribution in [0.3, 0.4) is 0 Å². The molecule has 0 radical (unpaired) electrons. The summed E-state index contributed by atoms with van der Waals surface area (Å²) in [5.41, 5.74) is 1.48. The molecule has 2 aromatic carbocycles. The monoisotopic (exact) mass is 325 g/mol. The van der Waals surface area contributed by atoms with Crippen molar-refractivity contribution in [2.75, 3.05) is 24.7 Å². The number of para-hydroxylation sites is 4. The van der Waals surface area contributed by atoms with E-state index in [0.29, 0.717) is 18.1 Å². The number of carbonyl (C=O) groups is 1. The minimum Gasteiger partial charge on any atom is -0.453 e. The molecular formula is C19H19NO4. The summed E-state index contributed by atoms with van der Waals surface area (Å²) < 4.78 is 17.0. The van der Waals surface area contributed by atoms with E-state index >= 15 is 0 Å². The van der Waals surface area contributed by atoms with Gasteiger partial charge in [0.2, 0.25) is 0 Å². The molecule has 0 aliphatic carbocycles. The van der Waals surface area contributed by atoms with Gasteiger partial charge in [0, 0.05) is 6.61 Å². The standard InChI is InChI=1S/C19H19NO4/c21-19(13-22-12-14-6-5-11-23-14)20-15-7-1-3-9-17(15)24-18-10-4-2-8-16(18)20/h1-4,7-10,14H,5-6,11-13H2. The summed E-state index contributed by atoms with van der Waals surface area (Å²) >= 11 is 0. The fraction of sp³-hybridized carbons (Fsp3) is 0.316. The summed E-state index contributed by atoms with van der Waals surface area (Å²) in [6, 6.07) is 15.0. The van der Waals surface area contributed by atoms with Gasteiger partial charge in [-0.2, -0.15) is 0 Å². The average Bonchev–Trinajstić information content (AvgIpc) is 3.13. The summed E-state index contributed by atoms with van der Waals surface area (Å²) in [6.45, 7) is 1.26. The number of ether oxygens (including phenoxy) is 3. The number of amides is 1. The van der Waals surface area contributed by atoms with Crippen LogP contribution in [0, 0.1) is 0 Å². The lowest BCUT2D eigenvalue weighted by Gasteiger charge is -2.31. The fourth-order valence-corrected chi connectivity index (χ4v) is 3.09. The Morgan fingerprint density at radius 2 is 1.75 bits per heavy atom. The van der Waals surface area contributed by atoms with Crippen LogP contribution in [0.1, 0.15) is 12.8 Å². The number of anilines is 2. The van der Waals surface area contributed by atoms with Crippen molar-refractivity contribution in [1.82, 2.24) is 0 Å². The molecule has 1 unspecified atom stereocenters. The second-order valence-electron chi connectivity index (χ2n) is 5.92. The molecule has 1 fully saturated rings. The molecule has 0 aromatic heterocycles. The maximum Gasteiger partial charge on any atom is 0.257 e. The van der Waals surface area contributed by atoms with Gasteiger partial charge in [-0.1, -0.05) is 24.3 Å². The molecule has 0 spiro atoms. The first-order valence-electron chi connectivity index (χ1n) is 8.21. The van der Waals surface area contributed by atoms with Crippen molar-refractivity contribution in [3.8, 4) is 11.5 Å². The van der Waals surface area contributed by atoms with E-state index in [1.165, 1.54) is 0 Å². The molecule has 1 saturated heterocycles. The molecular weight excluding hydrogens is 306 g/mol. The van der Waals surface area contributed by atoms with Gasteiger partial charge in [-0.25, -0.2) is 0 Å². The number of fused-ring (bicyclic) bond motifs is 2. The van der Waals surface area contributed by atoms with Crippen LogP contribution in [0.2, 0.25) is 0 Å². The number of hydrogen-bond acceptors (Lipinski definition) is 4. The maximum absolute atomic E-state index is 12.8. The smallest absolute Gasteiger partial charge is 0.257 e. The van der Waals surface area contributed by atoms with Gasteiger partial charge in [0.05, 0.1) is 24.1 Å². The second-order valence-corrected chi connectivity index (χ2v) is 5.92. The largest absolute Gasteiger partial charge is 0.453 e. The molecule has 5 heteroatoms. The highest BCUT2D eigenvalue weighted by Gasteiger charge is 2.29. The van der Waals surface area contributed by atoms with Crippen LogP contribution < -0.4 is 9.64 Å². The van der Waals surface area contributed by atoms with Crippen LogP contribution in [0.15, 0.2) is 48.5 Å². The highest BCUT2D eigenvalue weighted by molar-refractivity contribution is 6.04. The molecule has 2 aromatic rings. The van der Waals surface area contributed by atoms with Crippen molar-refractivity contribution in [3.63, 3.8) is 0 Å². The quantitative estimate of drug-likeness (QED) is 0.861. The van der Waals surface area contributed by atoms with Crippen LogP contribution in [0.4, 0.5) is 11.4 Å². The van der Waals surface area contributed by atoms with Crippen molar-refractivity contribution in [3.05, 3.63) is 48.5 Å². The van der Waals surface area contributed by atoms with Gasteiger partial charge >= 0.3 is 0 Å². The highest BCUT2D eigenvalue weighted by Crippen LogP contribution is 2.46. The highest BCUT2D eigenvalue weighted by atomic mass is 16.5. The van der Waals surface area contributed by atoms with Crippen LogP contribution in [-0.4, -0.2) is 31.8 Å². The van der Waals surface area contributed by atoms with Gasteiger partial charge < -0.3 is 14.2 Å². The van der Waals surface area contributed by atoms with E-state index in [1.807, 2.05) is 48.5 Å². The first kappa shape index (κ1) is 15.2. The number of carbonyl (C=O) groups excluding carboxylic acids is 1. The van der Waals surface area contributed by atoms with E-state index in [4.69, 9.17) is 14.2 Å². The normalized spacial score (nSPS) is 18.7. The zero-order chi connectivity index (χ0) is 16.4. The molecule has 5 nitrogen and oxygen atoms in total. The van der Waals surface area contributed by atoms with Gasteiger partial charge in [-0.3, -0.25) is 9.69 Å². The molecule has 124 valence electrons. The first-order chi connectivity index (χ1) is 11.8. The van der Waals surface area contributed by atoms with E-state index in [0.717, 1.165) is 30.8 Å². The summed E-state index contributed by atoms with van der Waals surface area (Å²) in [5.74, 6) is 1.23. The Morgan fingerprint density at radius 1 is 1.08 bits per heavy atom. The summed E-state index contributed by atoms with van der Waals surface area (Å²) in [4.78, 5) is 14.5. The van der Waals surface area contributed by atoms with Gasteiger partial charge in [-0.05, 0) is 37.1 Å². The summed E-state index contributed by atoms with van der Waals surface area (Å²) in [5, 5.41) is 0. The third kappa shape index (κ3) is 2.88. The SMILES string of the molecule is O=C(COCC1CCCO1)N1c2ccccc2Oc2ccccc21. The van der Waals surface area contributed by atoms with Crippen molar-refractivity contribution in [2.24, 2.45) is 0 Å². The van der Waals surface area contributed by atoms with E-state index < -0.39 is 0 Å². The van der Waals surface area contributed by atoms with Crippen LogP contribution >= 0.6 is 0 Å². The maximum atomic E-state index is 12.8. The van der Waals surface area contributed by atoms with Crippen LogP contribution in [0.5, 0.6) is 11.5 Å². The Balaban J connectivity index is 1.54. The Bertz CT molecular complexity index is 694. The predicted molar refractivity (Wildman–Crippen MR) is 89.9 cm³/mol. The lowest BCUT2D eigenvalue weighted by molar-refractivity contribution is -0.123. The van der Waals surface area contributed by atoms with E-state index in [-0.39, 0.29) is 18.6 Å². The number of rotatable bonds is 4. The van der Waals surface area contributed by atoms with Crippen molar-refractivity contribution < 1.29 is 19.0 Å². The van der Waals surface area contributed by atoms with Crippen molar-refractivity contribution in [1.29, 1.82) is 0 Å². The Morgan fingerprint density at radius 3 is 2.38 bits per heavy atom. The Kier molecular flexibility index (Phi) is 4.19. The predicted octanol–water partition coefficient (Wildman–Crippen LogP) is 3.65. The van der Waals surface area contributed by atoms with Gasteiger partial charge in [-0.15, -0.1) is 0 Å². The Labute approximate surface area is 140 Å². The van der Waals surface area contributed by atoms with Gasteiger partial charge in [0.25, 0.3) is 5.91 Å². The zero-order valence-corrected chi connectivity index (χ0v) is 13.3. The number of nitrogens with zero attached hydrogens (tertiary/aromatic N) is 1. The molecule has 0 saturated carbocycles. The topological polar surface area (TPSA) is 48.0 Å². The molecule has 0 bridgehead atoms. The minimum atomic E-state index is -0.115. The molecule has 0 N–H and O–H groups in total. The summed E-state index contributed by atoms with van der Waals surface area (Å²) in [7, 11) is 0. The second kappa shape index (κ2) is 6.63. The molecule has 4 rings (SSSR count). The van der Waals surface area contributed by atoms with Crippen LogP contribution in [-0.2, 0) is 14.3 Å². The van der Waals surface area contributed by atoms with Gasteiger partial charge in [0.15, 0.2) is 11.5 Å². The molecule has 2 aliphatic heterocycles.